The molecule has 172 valence electrons. The molecule has 0 spiro atoms. The average molecular weight is 502 g/mol. The lowest BCUT2D eigenvalue weighted by atomic mass is 10.2. The SMILES string of the molecule is CCn1c(CS(=O)(=O)c2ccc(C)cc2)nnc1SCC(=O)Nc1nc2ccc(C)cc2s1. The minimum Gasteiger partial charge on any atom is -0.305 e. The van der Waals surface area contributed by atoms with Gasteiger partial charge in [0.05, 0.1) is 20.9 Å². The quantitative estimate of drug-likeness (QED) is 0.360. The summed E-state index contributed by atoms with van der Waals surface area (Å²) >= 11 is 2.64. The number of thioether (sulfide) groups is 1. The lowest BCUT2D eigenvalue weighted by Crippen LogP contribution is -2.15. The fraction of sp³-hybridized carbons (Fsp3) is 0.273. The molecule has 2 heterocycles. The van der Waals surface area contributed by atoms with Crippen molar-refractivity contribution in [1.82, 2.24) is 19.7 Å². The van der Waals surface area contributed by atoms with Gasteiger partial charge in [0.1, 0.15) is 11.6 Å². The molecule has 0 radical (unpaired) electrons. The molecule has 4 aromatic rings. The van der Waals surface area contributed by atoms with Crippen LogP contribution >= 0.6 is 23.1 Å². The van der Waals surface area contributed by atoms with Crippen molar-refractivity contribution < 1.29 is 13.2 Å². The molecular weight excluding hydrogens is 478 g/mol. The number of rotatable bonds is 8. The summed E-state index contributed by atoms with van der Waals surface area (Å²) in [4.78, 5) is 17.1. The summed E-state index contributed by atoms with van der Waals surface area (Å²) in [7, 11) is -3.56. The number of fused-ring (bicyclic) bond motifs is 1. The van der Waals surface area contributed by atoms with Crippen molar-refractivity contribution in [2.45, 2.75) is 43.1 Å². The van der Waals surface area contributed by atoms with Crippen molar-refractivity contribution in [2.24, 2.45) is 0 Å². The molecule has 0 aliphatic carbocycles. The summed E-state index contributed by atoms with van der Waals surface area (Å²) in [5.74, 6) is -0.00942. The van der Waals surface area contributed by atoms with Crippen LogP contribution in [0.1, 0.15) is 23.9 Å². The Hall–Kier alpha value is -2.76. The Bertz CT molecular complexity index is 1410. The molecule has 11 heteroatoms. The van der Waals surface area contributed by atoms with Gasteiger partial charge in [0.15, 0.2) is 20.1 Å². The Balaban J connectivity index is 1.42. The van der Waals surface area contributed by atoms with E-state index < -0.39 is 9.84 Å². The highest BCUT2D eigenvalue weighted by Crippen LogP contribution is 2.27. The number of anilines is 1. The molecule has 8 nitrogen and oxygen atoms in total. The second-order valence-corrected chi connectivity index (χ2v) is 11.5. The standard InChI is InChI=1S/C22H23N5O3S3/c1-4-27-19(13-33(29,30)16-8-5-14(2)6-9-16)25-26-22(27)31-12-20(28)24-21-23-17-10-7-15(3)11-18(17)32-21/h5-11H,4,12-13H2,1-3H3,(H,23,24,28). The summed E-state index contributed by atoms with van der Waals surface area (Å²) in [5.41, 5.74) is 2.97. The maximum atomic E-state index is 12.8. The normalized spacial score (nSPS) is 11.7. The number of hydrogen-bond donors (Lipinski definition) is 1. The molecule has 0 bridgehead atoms. The first-order chi connectivity index (χ1) is 15.7. The monoisotopic (exact) mass is 501 g/mol. The van der Waals surface area contributed by atoms with Crippen LogP contribution in [0.2, 0.25) is 0 Å². The van der Waals surface area contributed by atoms with Crippen LogP contribution in [0, 0.1) is 13.8 Å². The summed E-state index contributed by atoms with van der Waals surface area (Å²) in [6.45, 7) is 6.30. The highest BCUT2D eigenvalue weighted by Gasteiger charge is 2.21. The third-order valence-corrected chi connectivity index (χ3v) is 8.46. The van der Waals surface area contributed by atoms with Crippen LogP contribution < -0.4 is 5.32 Å². The molecule has 1 N–H and O–H groups in total. The molecule has 4 rings (SSSR count). The van der Waals surface area contributed by atoms with Crippen molar-refractivity contribution in [3.63, 3.8) is 0 Å². The zero-order valence-electron chi connectivity index (χ0n) is 18.4. The van der Waals surface area contributed by atoms with E-state index in [9.17, 15) is 13.2 Å². The van der Waals surface area contributed by atoms with Crippen LogP contribution in [0.4, 0.5) is 5.13 Å². The number of thiazole rings is 1. The van der Waals surface area contributed by atoms with E-state index in [0.29, 0.717) is 22.7 Å². The predicted molar refractivity (Wildman–Crippen MR) is 131 cm³/mol. The van der Waals surface area contributed by atoms with Crippen molar-refractivity contribution in [2.75, 3.05) is 11.1 Å². The zero-order chi connectivity index (χ0) is 23.6. The number of carbonyl (C=O) groups is 1. The minimum absolute atomic E-state index is 0.109. The van der Waals surface area contributed by atoms with Crippen molar-refractivity contribution in [3.05, 3.63) is 59.4 Å². The van der Waals surface area contributed by atoms with E-state index >= 15 is 0 Å². The van der Waals surface area contributed by atoms with Gasteiger partial charge < -0.3 is 9.88 Å². The second-order valence-electron chi connectivity index (χ2n) is 7.54. The fourth-order valence-corrected chi connectivity index (χ4v) is 6.29. The molecule has 1 amide bonds. The number of nitrogens with zero attached hydrogens (tertiary/aromatic N) is 4. The van der Waals surface area contributed by atoms with E-state index in [1.165, 1.54) is 23.1 Å². The fourth-order valence-electron chi connectivity index (χ4n) is 3.22. The van der Waals surface area contributed by atoms with Gasteiger partial charge >= 0.3 is 0 Å². The van der Waals surface area contributed by atoms with Gasteiger partial charge in [-0.05, 0) is 50.6 Å². The van der Waals surface area contributed by atoms with E-state index in [1.54, 1.807) is 28.8 Å². The van der Waals surface area contributed by atoms with Crippen LogP contribution in [0.3, 0.4) is 0 Å². The van der Waals surface area contributed by atoms with Crippen LogP contribution in [-0.2, 0) is 26.9 Å². The summed E-state index contributed by atoms with van der Waals surface area (Å²) < 4.78 is 28.3. The minimum atomic E-state index is -3.56. The first kappa shape index (κ1) is 23.4. The molecule has 2 aromatic heterocycles. The van der Waals surface area contributed by atoms with Crippen LogP contribution in [-0.4, -0.2) is 39.8 Å². The zero-order valence-corrected chi connectivity index (χ0v) is 20.9. The maximum absolute atomic E-state index is 12.8. The van der Waals surface area contributed by atoms with Gasteiger partial charge in [0, 0.05) is 6.54 Å². The smallest absolute Gasteiger partial charge is 0.236 e. The van der Waals surface area contributed by atoms with Gasteiger partial charge in [-0.3, -0.25) is 4.79 Å². The number of sulfone groups is 1. The van der Waals surface area contributed by atoms with E-state index in [0.717, 1.165) is 21.3 Å². The summed E-state index contributed by atoms with van der Waals surface area (Å²) in [5, 5.41) is 12.1. The average Bonchev–Trinajstić information content (AvgIpc) is 3.34. The highest BCUT2D eigenvalue weighted by molar-refractivity contribution is 7.99. The first-order valence-electron chi connectivity index (χ1n) is 10.3. The van der Waals surface area contributed by atoms with Crippen LogP contribution in [0.25, 0.3) is 10.2 Å². The number of aromatic nitrogens is 4. The van der Waals surface area contributed by atoms with Gasteiger partial charge in [-0.25, -0.2) is 13.4 Å². The van der Waals surface area contributed by atoms with E-state index in [-0.39, 0.29) is 22.3 Å². The lowest BCUT2D eigenvalue weighted by molar-refractivity contribution is -0.113. The number of aryl methyl sites for hydroxylation is 2. The first-order valence-corrected chi connectivity index (χ1v) is 13.7. The van der Waals surface area contributed by atoms with Gasteiger partial charge in [0.25, 0.3) is 0 Å². The van der Waals surface area contributed by atoms with Crippen LogP contribution in [0.5, 0.6) is 0 Å². The van der Waals surface area contributed by atoms with Gasteiger partial charge in [-0.1, -0.05) is 46.9 Å². The Morgan fingerprint density at radius 1 is 1.09 bits per heavy atom. The molecule has 0 aliphatic rings. The number of amides is 1. The maximum Gasteiger partial charge on any atom is 0.236 e. The van der Waals surface area contributed by atoms with Crippen molar-refractivity contribution in [1.29, 1.82) is 0 Å². The molecule has 0 fully saturated rings. The highest BCUT2D eigenvalue weighted by atomic mass is 32.2. The molecule has 0 atom stereocenters. The largest absolute Gasteiger partial charge is 0.305 e. The molecular formula is C22H23N5O3S3. The Labute approximate surface area is 200 Å². The number of benzene rings is 2. The number of hydrogen-bond acceptors (Lipinski definition) is 8. The molecule has 33 heavy (non-hydrogen) atoms. The van der Waals surface area contributed by atoms with Gasteiger partial charge in [-0.15, -0.1) is 10.2 Å². The van der Waals surface area contributed by atoms with Crippen molar-refractivity contribution in [3.8, 4) is 0 Å². The van der Waals surface area contributed by atoms with E-state index in [4.69, 9.17) is 0 Å². The van der Waals surface area contributed by atoms with E-state index in [2.05, 4.69) is 20.5 Å². The van der Waals surface area contributed by atoms with Gasteiger partial charge in [0.2, 0.25) is 5.91 Å². The molecule has 0 saturated carbocycles. The van der Waals surface area contributed by atoms with Crippen LogP contribution in [0.15, 0.2) is 52.5 Å². The van der Waals surface area contributed by atoms with Crippen molar-refractivity contribution >= 4 is 54.2 Å². The predicted octanol–water partition coefficient (Wildman–Crippen LogP) is 4.23. The Morgan fingerprint density at radius 2 is 1.82 bits per heavy atom. The summed E-state index contributed by atoms with van der Waals surface area (Å²) in [6, 6.07) is 12.7. The molecule has 2 aromatic carbocycles. The second kappa shape index (κ2) is 9.62. The third-order valence-electron chi connectivity index (χ3n) is 4.93. The molecule has 0 aliphatic heterocycles. The molecule has 0 saturated heterocycles. The van der Waals surface area contributed by atoms with Gasteiger partial charge in [-0.2, -0.15) is 0 Å². The Kier molecular flexibility index (Phi) is 6.82. The molecule has 0 unspecified atom stereocenters. The van der Waals surface area contributed by atoms with E-state index in [1.807, 2.05) is 39.0 Å². The topological polar surface area (TPSA) is 107 Å². The number of nitrogens with one attached hydrogen (secondary N) is 1. The lowest BCUT2D eigenvalue weighted by Gasteiger charge is -2.08. The third kappa shape index (κ3) is 5.43. The Morgan fingerprint density at radius 3 is 2.55 bits per heavy atom. The summed E-state index contributed by atoms with van der Waals surface area (Å²) in [6.07, 6.45) is 0. The number of carbonyl (C=O) groups excluding carboxylic acids is 1.